The summed E-state index contributed by atoms with van der Waals surface area (Å²) in [6.07, 6.45) is 111. The molecule has 0 spiro atoms. The fourth-order valence-electron chi connectivity index (χ4n) is 13.9. The van der Waals surface area contributed by atoms with Crippen LogP contribution in [0.5, 0.6) is 0 Å². The lowest BCUT2D eigenvalue weighted by Crippen LogP contribution is -2.29. The molecule has 0 aromatic heterocycles. The number of carbonyl (C=O) groups is 2. The zero-order valence-electron chi connectivity index (χ0n) is 66.5. The summed E-state index contributed by atoms with van der Waals surface area (Å²) in [6.45, 7) is 3.83. The van der Waals surface area contributed by atoms with Crippen LogP contribution in [-0.2, 0) is 32.7 Å². The van der Waals surface area contributed by atoms with Gasteiger partial charge in [0.25, 0.3) is 0 Å². The highest BCUT2D eigenvalue weighted by molar-refractivity contribution is 7.47. The molecule has 0 heterocycles. The zero-order chi connectivity index (χ0) is 71.5. The minimum absolute atomic E-state index is 0.0573. The summed E-state index contributed by atoms with van der Waals surface area (Å²) in [4.78, 5) is 35.5. The third-order valence-electron chi connectivity index (χ3n) is 20.5. The largest absolute Gasteiger partial charge is 0.472 e. The van der Waals surface area contributed by atoms with Crippen LogP contribution < -0.4 is 5.73 Å². The van der Waals surface area contributed by atoms with Crippen LogP contribution in [0.2, 0.25) is 0 Å². The predicted molar refractivity (Wildman–Crippen MR) is 432 cm³/mol. The monoisotopic (exact) mass is 1410 g/mol. The first-order chi connectivity index (χ1) is 48.8. The summed E-state index contributed by atoms with van der Waals surface area (Å²) < 4.78 is 33.3. The second kappa shape index (κ2) is 85.2. The van der Waals surface area contributed by atoms with Crippen LogP contribution in [0.3, 0.4) is 0 Å². The fourth-order valence-corrected chi connectivity index (χ4v) is 14.7. The van der Waals surface area contributed by atoms with Gasteiger partial charge in [0.2, 0.25) is 0 Å². The number of rotatable bonds is 86. The van der Waals surface area contributed by atoms with Gasteiger partial charge in [-0.1, -0.05) is 461 Å². The number of hydrogen-bond donors (Lipinski definition) is 2. The minimum Gasteiger partial charge on any atom is -0.462 e. The highest BCUT2D eigenvalue weighted by atomic mass is 31.2. The van der Waals surface area contributed by atoms with Crippen molar-refractivity contribution in [2.45, 2.75) is 495 Å². The highest BCUT2D eigenvalue weighted by Gasteiger charge is 2.26. The van der Waals surface area contributed by atoms with Crippen molar-refractivity contribution in [2.75, 3.05) is 26.4 Å². The Kier molecular flexibility index (Phi) is 83.6. The fraction of sp³-hybridized carbons (Fsp3) is 0.910. The molecule has 0 saturated carbocycles. The normalized spacial score (nSPS) is 12.9. The number of phosphoric ester groups is 1. The second-order valence-corrected chi connectivity index (χ2v) is 31.9. The molecular formula is C89H172NO8P. The van der Waals surface area contributed by atoms with E-state index in [1.54, 1.807) is 0 Å². The Morgan fingerprint density at radius 2 is 0.525 bits per heavy atom. The third kappa shape index (κ3) is 85.1. The standard InChI is InChI=1S/C89H172NO8P/c1-3-5-7-9-11-13-15-17-19-21-23-25-27-29-31-33-35-37-39-41-42-43-44-46-48-50-52-54-56-58-60-62-64-66-68-70-72-74-76-78-80-82-89(92)98-87(86-97-99(93,94)96-84-83-90)85-95-88(91)81-79-77-75-73-71-69-67-65-63-61-59-57-55-53-51-49-47-45-40-38-36-34-32-30-28-26-24-22-20-18-16-14-12-10-8-6-4-2/h15,17,21,23,27,29,87H,3-14,16,18-20,22,24-26,28,30-86,90H2,1-2H3,(H,93,94)/b17-15-,23-21-,29-27-. The van der Waals surface area contributed by atoms with Gasteiger partial charge in [-0.05, 0) is 51.4 Å². The molecule has 0 aliphatic rings. The summed E-state index contributed by atoms with van der Waals surface area (Å²) in [5.41, 5.74) is 5.43. The van der Waals surface area contributed by atoms with Crippen molar-refractivity contribution < 1.29 is 37.6 Å². The summed E-state index contributed by atoms with van der Waals surface area (Å²) in [5.74, 6) is -0.796. The van der Waals surface area contributed by atoms with Crippen molar-refractivity contribution in [3.05, 3.63) is 36.5 Å². The Balaban J connectivity index is 3.69. The number of phosphoric acid groups is 1. The van der Waals surface area contributed by atoms with Gasteiger partial charge in [-0.3, -0.25) is 18.6 Å². The maximum absolute atomic E-state index is 12.8. The van der Waals surface area contributed by atoms with Gasteiger partial charge in [0.15, 0.2) is 6.10 Å². The van der Waals surface area contributed by atoms with E-state index >= 15 is 0 Å². The molecule has 10 heteroatoms. The number of carbonyl (C=O) groups excluding carboxylic acids is 2. The molecule has 0 rings (SSSR count). The average Bonchev–Trinajstić information content (AvgIpc) is 1.19. The first kappa shape index (κ1) is 97.2. The van der Waals surface area contributed by atoms with Crippen molar-refractivity contribution in [2.24, 2.45) is 5.73 Å². The molecule has 0 radical (unpaired) electrons. The quantitative estimate of drug-likeness (QED) is 0.0264. The van der Waals surface area contributed by atoms with Gasteiger partial charge in [0.05, 0.1) is 13.2 Å². The van der Waals surface area contributed by atoms with Gasteiger partial charge in [-0.15, -0.1) is 0 Å². The van der Waals surface area contributed by atoms with Crippen LogP contribution >= 0.6 is 7.82 Å². The molecule has 0 aliphatic heterocycles. The Hall–Kier alpha value is -1.77. The third-order valence-corrected chi connectivity index (χ3v) is 21.5. The smallest absolute Gasteiger partial charge is 0.462 e. The Bertz CT molecular complexity index is 1720. The van der Waals surface area contributed by atoms with Gasteiger partial charge in [0.1, 0.15) is 6.61 Å². The van der Waals surface area contributed by atoms with Crippen LogP contribution in [0.15, 0.2) is 36.5 Å². The SMILES string of the molecule is CCCCCCC/C=C\C/C=C\C/C=C\CCCCCCCCCCCCCCCCCCCCCCCCCCCCC(=O)OC(COC(=O)CCCCCCCCCCCCCCCCCCCCCCCCCCCCCCCCCCCCCCC)COP(=O)(O)OCCN. The van der Waals surface area contributed by atoms with Crippen LogP contribution in [0.1, 0.15) is 489 Å². The summed E-state index contributed by atoms with van der Waals surface area (Å²) in [6, 6.07) is 0. The van der Waals surface area contributed by atoms with E-state index in [0.717, 1.165) is 44.9 Å². The van der Waals surface area contributed by atoms with Crippen molar-refractivity contribution in [1.29, 1.82) is 0 Å². The Morgan fingerprint density at radius 3 is 0.778 bits per heavy atom. The summed E-state index contributed by atoms with van der Waals surface area (Å²) in [5, 5.41) is 0. The topological polar surface area (TPSA) is 134 Å². The Labute approximate surface area is 617 Å². The van der Waals surface area contributed by atoms with Crippen LogP contribution in [0.25, 0.3) is 0 Å². The van der Waals surface area contributed by atoms with Crippen LogP contribution in [0, 0.1) is 0 Å². The molecule has 0 aliphatic carbocycles. The van der Waals surface area contributed by atoms with Gasteiger partial charge in [-0.2, -0.15) is 0 Å². The number of esters is 2. The molecule has 0 saturated heterocycles. The van der Waals surface area contributed by atoms with E-state index in [9.17, 15) is 19.0 Å². The highest BCUT2D eigenvalue weighted by Crippen LogP contribution is 2.43. The first-order valence-electron chi connectivity index (χ1n) is 44.5. The number of allylic oxidation sites excluding steroid dienone is 6. The molecule has 3 N–H and O–H groups in total. The molecule has 0 aromatic carbocycles. The zero-order valence-corrected chi connectivity index (χ0v) is 67.4. The molecular weight excluding hydrogens is 1240 g/mol. The molecule has 0 aromatic rings. The predicted octanol–water partition coefficient (Wildman–Crippen LogP) is 30.1. The van der Waals surface area contributed by atoms with E-state index in [2.05, 4.69) is 50.3 Å². The molecule has 9 nitrogen and oxygen atoms in total. The molecule has 2 atom stereocenters. The average molecular weight is 1420 g/mol. The number of unbranched alkanes of at least 4 members (excludes halogenated alkanes) is 67. The molecule has 0 fully saturated rings. The van der Waals surface area contributed by atoms with Gasteiger partial charge >= 0.3 is 19.8 Å². The van der Waals surface area contributed by atoms with Crippen LogP contribution in [0.4, 0.5) is 0 Å². The van der Waals surface area contributed by atoms with E-state index in [0.29, 0.717) is 6.42 Å². The summed E-state index contributed by atoms with van der Waals surface area (Å²) >= 11 is 0. The number of nitrogens with two attached hydrogens (primary N) is 1. The van der Waals surface area contributed by atoms with E-state index in [1.807, 2.05) is 0 Å². The number of ether oxygens (including phenoxy) is 2. The van der Waals surface area contributed by atoms with Crippen molar-refractivity contribution in [3.8, 4) is 0 Å². The lowest BCUT2D eigenvalue weighted by Gasteiger charge is -2.19. The maximum atomic E-state index is 12.8. The van der Waals surface area contributed by atoms with Crippen molar-refractivity contribution >= 4 is 19.8 Å². The number of hydrogen-bond acceptors (Lipinski definition) is 8. The van der Waals surface area contributed by atoms with E-state index < -0.39 is 26.5 Å². The summed E-state index contributed by atoms with van der Waals surface area (Å²) in [7, 11) is -4.40. The van der Waals surface area contributed by atoms with Gasteiger partial charge in [0, 0.05) is 19.4 Å². The van der Waals surface area contributed by atoms with Gasteiger partial charge in [-0.25, -0.2) is 4.57 Å². The Morgan fingerprint density at radius 1 is 0.303 bits per heavy atom. The first-order valence-corrected chi connectivity index (χ1v) is 46.0. The van der Waals surface area contributed by atoms with Crippen molar-refractivity contribution in [3.63, 3.8) is 0 Å². The molecule has 0 amide bonds. The molecule has 0 bridgehead atoms. The lowest BCUT2D eigenvalue weighted by atomic mass is 10.0. The van der Waals surface area contributed by atoms with Crippen molar-refractivity contribution in [1.82, 2.24) is 0 Å². The lowest BCUT2D eigenvalue weighted by molar-refractivity contribution is -0.161. The van der Waals surface area contributed by atoms with E-state index in [1.165, 1.54) is 411 Å². The van der Waals surface area contributed by atoms with E-state index in [-0.39, 0.29) is 38.6 Å². The molecule has 99 heavy (non-hydrogen) atoms. The maximum Gasteiger partial charge on any atom is 0.472 e. The molecule has 2 unspecified atom stereocenters. The van der Waals surface area contributed by atoms with Crippen LogP contribution in [-0.4, -0.2) is 49.3 Å². The second-order valence-electron chi connectivity index (χ2n) is 30.5. The van der Waals surface area contributed by atoms with E-state index in [4.69, 9.17) is 24.3 Å². The molecule has 586 valence electrons. The minimum atomic E-state index is -4.40. The van der Waals surface area contributed by atoms with Gasteiger partial charge < -0.3 is 20.1 Å².